The van der Waals surface area contributed by atoms with E-state index in [1.54, 1.807) is 6.07 Å². The van der Waals surface area contributed by atoms with Gasteiger partial charge in [-0.2, -0.15) is 0 Å². The van der Waals surface area contributed by atoms with E-state index in [0.717, 1.165) is 17.7 Å². The highest BCUT2D eigenvalue weighted by Crippen LogP contribution is 2.29. The number of hydrogen-bond donors (Lipinski definition) is 3. The smallest absolute Gasteiger partial charge is 0.252 e. The fourth-order valence-corrected chi connectivity index (χ4v) is 2.61. The molecule has 1 aliphatic heterocycles. The predicted molar refractivity (Wildman–Crippen MR) is 85.5 cm³/mol. The number of rotatable bonds is 4. The Bertz CT molecular complexity index is 800. The Morgan fingerprint density at radius 2 is 2.30 bits per heavy atom. The van der Waals surface area contributed by atoms with Crippen LogP contribution in [0, 0.1) is 0 Å². The zero-order valence-electron chi connectivity index (χ0n) is 12.8. The molecular weight excluding hydrogens is 296 g/mol. The summed E-state index contributed by atoms with van der Waals surface area (Å²) < 4.78 is 5.62. The maximum atomic E-state index is 12.2. The SMILES string of the molecule is CC1Cc2cc(C(=O)NCCc3nc(N)cc(=O)[nH]3)ccc2O1. The molecule has 0 fully saturated rings. The number of nitrogens with one attached hydrogen (secondary N) is 2. The van der Waals surface area contributed by atoms with Crippen LogP contribution in [0.2, 0.25) is 0 Å². The van der Waals surface area contributed by atoms with Gasteiger partial charge >= 0.3 is 0 Å². The van der Waals surface area contributed by atoms with E-state index in [-0.39, 0.29) is 23.4 Å². The van der Waals surface area contributed by atoms with Crippen LogP contribution in [0.3, 0.4) is 0 Å². The Morgan fingerprint density at radius 1 is 1.48 bits per heavy atom. The summed E-state index contributed by atoms with van der Waals surface area (Å²) in [6.07, 6.45) is 1.36. The summed E-state index contributed by atoms with van der Waals surface area (Å²) in [5, 5.41) is 2.81. The number of aromatic amines is 1. The van der Waals surface area contributed by atoms with Gasteiger partial charge in [0, 0.05) is 31.0 Å². The number of anilines is 1. The second-order valence-corrected chi connectivity index (χ2v) is 5.58. The fraction of sp³-hybridized carbons (Fsp3) is 0.312. The largest absolute Gasteiger partial charge is 0.490 e. The summed E-state index contributed by atoms with van der Waals surface area (Å²) in [4.78, 5) is 30.1. The summed E-state index contributed by atoms with van der Waals surface area (Å²) in [7, 11) is 0. The number of hydrogen-bond acceptors (Lipinski definition) is 5. The third kappa shape index (κ3) is 3.50. The van der Waals surface area contributed by atoms with E-state index in [9.17, 15) is 9.59 Å². The van der Waals surface area contributed by atoms with Gasteiger partial charge in [0.25, 0.3) is 11.5 Å². The standard InChI is InChI=1S/C16H18N4O3/c1-9-6-11-7-10(2-3-12(11)23-9)16(22)18-5-4-14-19-13(17)8-15(21)20-14/h2-3,7-9H,4-6H2,1H3,(H,18,22)(H3,17,19,20,21). The van der Waals surface area contributed by atoms with Crippen LogP contribution in [0.1, 0.15) is 28.7 Å². The minimum Gasteiger partial charge on any atom is -0.490 e. The van der Waals surface area contributed by atoms with Gasteiger partial charge in [-0.3, -0.25) is 9.59 Å². The first kappa shape index (κ1) is 15.1. The Balaban J connectivity index is 1.60. The average Bonchev–Trinajstić information content (AvgIpc) is 2.85. The van der Waals surface area contributed by atoms with E-state index in [2.05, 4.69) is 15.3 Å². The molecule has 0 radical (unpaired) electrons. The minimum absolute atomic E-state index is 0.148. The van der Waals surface area contributed by atoms with Crippen molar-refractivity contribution in [3.8, 4) is 5.75 Å². The van der Waals surface area contributed by atoms with Gasteiger partial charge in [-0.15, -0.1) is 0 Å². The van der Waals surface area contributed by atoms with Crippen molar-refractivity contribution in [2.75, 3.05) is 12.3 Å². The molecule has 7 nitrogen and oxygen atoms in total. The van der Waals surface area contributed by atoms with E-state index in [1.165, 1.54) is 6.07 Å². The van der Waals surface area contributed by atoms with Crippen LogP contribution in [0.15, 0.2) is 29.1 Å². The van der Waals surface area contributed by atoms with Crippen molar-refractivity contribution in [2.45, 2.75) is 25.9 Å². The quantitative estimate of drug-likeness (QED) is 0.767. The number of nitrogens with two attached hydrogens (primary N) is 1. The van der Waals surface area contributed by atoms with Crippen molar-refractivity contribution in [1.29, 1.82) is 0 Å². The van der Waals surface area contributed by atoms with Crippen LogP contribution in [0.4, 0.5) is 5.82 Å². The normalized spacial score (nSPS) is 15.8. The monoisotopic (exact) mass is 314 g/mol. The molecule has 1 unspecified atom stereocenters. The molecule has 1 aliphatic rings. The van der Waals surface area contributed by atoms with Crippen LogP contribution < -0.4 is 21.3 Å². The van der Waals surface area contributed by atoms with Crippen LogP contribution in [0.25, 0.3) is 0 Å². The zero-order valence-corrected chi connectivity index (χ0v) is 12.8. The Labute approximate surface area is 132 Å². The molecule has 2 heterocycles. The number of nitrogen functional groups attached to an aromatic ring is 1. The molecule has 2 aromatic rings. The van der Waals surface area contributed by atoms with Crippen LogP contribution in [-0.4, -0.2) is 28.5 Å². The fourth-order valence-electron chi connectivity index (χ4n) is 2.61. The highest BCUT2D eigenvalue weighted by atomic mass is 16.5. The van der Waals surface area contributed by atoms with Gasteiger partial charge in [0.05, 0.1) is 0 Å². The minimum atomic E-state index is -0.299. The number of amides is 1. The van der Waals surface area contributed by atoms with E-state index < -0.39 is 0 Å². The van der Waals surface area contributed by atoms with Crippen LogP contribution in [-0.2, 0) is 12.8 Å². The van der Waals surface area contributed by atoms with Gasteiger partial charge in [0.15, 0.2) is 0 Å². The molecule has 1 aromatic carbocycles. The third-order valence-corrected chi connectivity index (χ3v) is 3.62. The number of carbonyl (C=O) groups excluding carboxylic acids is 1. The summed E-state index contributed by atoms with van der Waals surface area (Å²) in [6, 6.07) is 6.64. The lowest BCUT2D eigenvalue weighted by Crippen LogP contribution is -2.27. The summed E-state index contributed by atoms with van der Waals surface area (Å²) in [5.74, 6) is 1.29. The lowest BCUT2D eigenvalue weighted by Gasteiger charge is -2.07. The molecule has 120 valence electrons. The molecule has 1 atom stereocenters. The second kappa shape index (κ2) is 6.12. The molecular formula is C16H18N4O3. The maximum Gasteiger partial charge on any atom is 0.252 e. The molecule has 3 rings (SSSR count). The number of H-pyrrole nitrogens is 1. The van der Waals surface area contributed by atoms with Crippen molar-refractivity contribution in [1.82, 2.24) is 15.3 Å². The van der Waals surface area contributed by atoms with Gasteiger partial charge in [-0.25, -0.2) is 4.98 Å². The van der Waals surface area contributed by atoms with Crippen LogP contribution >= 0.6 is 0 Å². The van der Waals surface area contributed by atoms with E-state index >= 15 is 0 Å². The van der Waals surface area contributed by atoms with Crippen molar-refractivity contribution < 1.29 is 9.53 Å². The lowest BCUT2D eigenvalue weighted by molar-refractivity contribution is 0.0954. The number of benzene rings is 1. The Hall–Kier alpha value is -2.83. The van der Waals surface area contributed by atoms with E-state index in [0.29, 0.717) is 24.4 Å². The second-order valence-electron chi connectivity index (χ2n) is 5.58. The molecule has 0 aliphatic carbocycles. The summed E-state index contributed by atoms with van der Waals surface area (Å²) >= 11 is 0. The number of ether oxygens (including phenoxy) is 1. The van der Waals surface area contributed by atoms with Gasteiger partial charge in [-0.05, 0) is 30.7 Å². The highest BCUT2D eigenvalue weighted by Gasteiger charge is 2.20. The first-order chi connectivity index (χ1) is 11.0. The molecule has 1 amide bonds. The molecule has 23 heavy (non-hydrogen) atoms. The molecule has 4 N–H and O–H groups in total. The van der Waals surface area contributed by atoms with Crippen molar-refractivity contribution >= 4 is 11.7 Å². The van der Waals surface area contributed by atoms with Gasteiger partial charge in [0.1, 0.15) is 23.5 Å². The average molecular weight is 314 g/mol. The number of fused-ring (bicyclic) bond motifs is 1. The van der Waals surface area contributed by atoms with Gasteiger partial charge in [-0.1, -0.05) is 0 Å². The summed E-state index contributed by atoms with van der Waals surface area (Å²) in [6.45, 7) is 2.36. The Kier molecular flexibility index (Phi) is 4.01. The Morgan fingerprint density at radius 3 is 3.09 bits per heavy atom. The lowest BCUT2D eigenvalue weighted by atomic mass is 10.1. The van der Waals surface area contributed by atoms with Crippen molar-refractivity contribution in [3.63, 3.8) is 0 Å². The maximum absolute atomic E-state index is 12.2. The molecule has 7 heteroatoms. The van der Waals surface area contributed by atoms with Crippen molar-refractivity contribution in [3.05, 3.63) is 51.6 Å². The first-order valence-corrected chi connectivity index (χ1v) is 7.45. The number of nitrogens with zero attached hydrogens (tertiary/aromatic N) is 1. The van der Waals surface area contributed by atoms with E-state index in [1.807, 2.05) is 19.1 Å². The highest BCUT2D eigenvalue weighted by molar-refractivity contribution is 5.94. The van der Waals surface area contributed by atoms with Crippen molar-refractivity contribution in [2.24, 2.45) is 0 Å². The summed E-state index contributed by atoms with van der Waals surface area (Å²) in [5.41, 5.74) is 6.86. The zero-order chi connectivity index (χ0) is 16.4. The third-order valence-electron chi connectivity index (χ3n) is 3.62. The van der Waals surface area contributed by atoms with E-state index in [4.69, 9.17) is 10.5 Å². The molecule has 0 spiro atoms. The van der Waals surface area contributed by atoms with Gasteiger partial charge < -0.3 is 20.8 Å². The number of carbonyl (C=O) groups is 1. The first-order valence-electron chi connectivity index (χ1n) is 7.45. The molecule has 0 bridgehead atoms. The number of aromatic nitrogens is 2. The van der Waals surface area contributed by atoms with Crippen LogP contribution in [0.5, 0.6) is 5.75 Å². The molecule has 0 saturated carbocycles. The topological polar surface area (TPSA) is 110 Å². The van der Waals surface area contributed by atoms with Gasteiger partial charge in [0.2, 0.25) is 0 Å². The molecule has 0 saturated heterocycles. The molecule has 1 aromatic heterocycles. The predicted octanol–water partition coefficient (Wildman–Crippen LogP) is 0.648.